The number of aryl methyl sites for hydroxylation is 1. The van der Waals surface area contributed by atoms with Crippen molar-refractivity contribution in [3.8, 4) is 6.07 Å². The molecule has 0 bridgehead atoms. The fourth-order valence-corrected chi connectivity index (χ4v) is 2.96. The fraction of sp³-hybridized carbons (Fsp3) is 0.500. The molecular formula is C18H22N2O4. The summed E-state index contributed by atoms with van der Waals surface area (Å²) in [6.07, 6.45) is 5.62. The highest BCUT2D eigenvalue weighted by atomic mass is 16.5. The largest absolute Gasteiger partial charge is 0.465 e. The lowest BCUT2D eigenvalue weighted by atomic mass is 9.86. The van der Waals surface area contributed by atoms with Gasteiger partial charge in [0, 0.05) is 12.1 Å². The Morgan fingerprint density at radius 1 is 1.42 bits per heavy atom. The SMILES string of the molecule is COC(=O)c1cc(/C=C(\C#N)C(=O)NC2CCCCC2C)oc1C. The number of methoxy groups -OCH3 is 1. The van der Waals surface area contributed by atoms with Crippen molar-refractivity contribution < 1.29 is 18.7 Å². The Balaban J connectivity index is 2.15. The van der Waals surface area contributed by atoms with Crippen molar-refractivity contribution in [2.75, 3.05) is 7.11 Å². The molecule has 1 amide bonds. The minimum absolute atomic E-state index is 0.0436. The third kappa shape index (κ3) is 4.05. The molecule has 0 saturated heterocycles. The minimum Gasteiger partial charge on any atom is -0.465 e. The van der Waals surface area contributed by atoms with Crippen LogP contribution in [0, 0.1) is 24.2 Å². The summed E-state index contributed by atoms with van der Waals surface area (Å²) in [4.78, 5) is 23.9. The van der Waals surface area contributed by atoms with Gasteiger partial charge in [0.25, 0.3) is 5.91 Å². The first-order chi connectivity index (χ1) is 11.5. The van der Waals surface area contributed by atoms with Crippen LogP contribution in [0.4, 0.5) is 0 Å². The molecule has 2 rings (SSSR count). The van der Waals surface area contributed by atoms with Gasteiger partial charge in [-0.25, -0.2) is 4.79 Å². The highest BCUT2D eigenvalue weighted by Crippen LogP contribution is 2.24. The maximum absolute atomic E-state index is 12.3. The van der Waals surface area contributed by atoms with Crippen LogP contribution in [-0.4, -0.2) is 25.0 Å². The minimum atomic E-state index is -0.519. The molecule has 6 heteroatoms. The van der Waals surface area contributed by atoms with Crippen LogP contribution in [0.25, 0.3) is 6.08 Å². The van der Waals surface area contributed by atoms with E-state index >= 15 is 0 Å². The predicted molar refractivity (Wildman–Crippen MR) is 87.9 cm³/mol. The molecule has 128 valence electrons. The van der Waals surface area contributed by atoms with Crippen molar-refractivity contribution in [3.05, 3.63) is 28.7 Å². The summed E-state index contributed by atoms with van der Waals surface area (Å²) in [6.45, 7) is 3.73. The molecule has 0 radical (unpaired) electrons. The van der Waals surface area contributed by atoms with Gasteiger partial charge in [-0.3, -0.25) is 4.79 Å². The van der Waals surface area contributed by atoms with Gasteiger partial charge < -0.3 is 14.5 Å². The molecule has 1 heterocycles. The molecule has 1 aliphatic rings. The van der Waals surface area contributed by atoms with Gasteiger partial charge in [-0.05, 0) is 31.7 Å². The topological polar surface area (TPSA) is 92.3 Å². The summed E-state index contributed by atoms with van der Waals surface area (Å²) in [5, 5.41) is 12.2. The van der Waals surface area contributed by atoms with Gasteiger partial charge in [-0.1, -0.05) is 19.8 Å². The summed E-state index contributed by atoms with van der Waals surface area (Å²) in [5.74, 6) is 0.127. The first-order valence-corrected chi connectivity index (χ1v) is 8.07. The average molecular weight is 330 g/mol. The fourth-order valence-electron chi connectivity index (χ4n) is 2.96. The first-order valence-electron chi connectivity index (χ1n) is 8.07. The number of nitrogens with one attached hydrogen (secondary N) is 1. The van der Waals surface area contributed by atoms with Gasteiger partial charge in [0.15, 0.2) is 0 Å². The summed E-state index contributed by atoms with van der Waals surface area (Å²) < 4.78 is 10.1. The highest BCUT2D eigenvalue weighted by Gasteiger charge is 2.24. The monoisotopic (exact) mass is 330 g/mol. The second kappa shape index (κ2) is 7.82. The number of carbonyl (C=O) groups excluding carboxylic acids is 2. The highest BCUT2D eigenvalue weighted by molar-refractivity contribution is 6.02. The molecule has 24 heavy (non-hydrogen) atoms. The Morgan fingerprint density at radius 2 is 2.12 bits per heavy atom. The molecule has 1 saturated carbocycles. The zero-order valence-electron chi connectivity index (χ0n) is 14.2. The molecule has 0 spiro atoms. The number of nitriles is 1. The Hall–Kier alpha value is -2.55. The van der Waals surface area contributed by atoms with Crippen LogP contribution in [0.1, 0.15) is 54.5 Å². The first kappa shape index (κ1) is 17.8. The van der Waals surface area contributed by atoms with Crippen LogP contribution in [0.2, 0.25) is 0 Å². The van der Waals surface area contributed by atoms with Gasteiger partial charge in [0.05, 0.1) is 7.11 Å². The van der Waals surface area contributed by atoms with Crippen LogP contribution < -0.4 is 5.32 Å². The van der Waals surface area contributed by atoms with E-state index in [-0.39, 0.29) is 22.9 Å². The van der Waals surface area contributed by atoms with Crippen molar-refractivity contribution in [2.24, 2.45) is 5.92 Å². The van der Waals surface area contributed by atoms with Gasteiger partial charge in [-0.2, -0.15) is 5.26 Å². The van der Waals surface area contributed by atoms with Crippen molar-refractivity contribution in [1.29, 1.82) is 5.26 Å². The Kier molecular flexibility index (Phi) is 5.80. The lowest BCUT2D eigenvalue weighted by Gasteiger charge is -2.29. The molecule has 0 aliphatic heterocycles. The number of rotatable bonds is 4. The zero-order chi connectivity index (χ0) is 17.7. The molecule has 2 atom stereocenters. The van der Waals surface area contributed by atoms with E-state index in [0.717, 1.165) is 19.3 Å². The van der Waals surface area contributed by atoms with E-state index in [4.69, 9.17) is 4.42 Å². The quantitative estimate of drug-likeness (QED) is 0.520. The van der Waals surface area contributed by atoms with Gasteiger partial charge in [0.1, 0.15) is 28.7 Å². The number of furan rings is 1. The number of carbonyl (C=O) groups is 2. The Labute approximate surface area is 141 Å². The van der Waals surface area contributed by atoms with E-state index in [1.54, 1.807) is 6.92 Å². The number of ether oxygens (including phenoxy) is 1. The lowest BCUT2D eigenvalue weighted by Crippen LogP contribution is -2.41. The van der Waals surface area contributed by atoms with Crippen LogP contribution in [0.5, 0.6) is 0 Å². The number of amides is 1. The number of hydrogen-bond donors (Lipinski definition) is 1. The van der Waals surface area contributed by atoms with Crippen LogP contribution in [-0.2, 0) is 9.53 Å². The van der Waals surface area contributed by atoms with Crippen LogP contribution in [0.15, 0.2) is 16.1 Å². The van der Waals surface area contributed by atoms with Crippen LogP contribution in [0.3, 0.4) is 0 Å². The molecule has 6 nitrogen and oxygen atoms in total. The van der Waals surface area contributed by atoms with E-state index in [0.29, 0.717) is 11.7 Å². The standard InChI is InChI=1S/C18H22N2O4/c1-11-6-4-5-7-16(11)20-17(21)13(10-19)8-14-9-15(12(2)24-14)18(22)23-3/h8-9,11,16H,4-7H2,1-3H3,(H,20,21)/b13-8+. The van der Waals surface area contributed by atoms with E-state index in [9.17, 15) is 14.9 Å². The second-order valence-corrected chi connectivity index (χ2v) is 6.12. The normalized spacial score (nSPS) is 21.0. The van der Waals surface area contributed by atoms with Crippen molar-refractivity contribution >= 4 is 18.0 Å². The summed E-state index contributed by atoms with van der Waals surface area (Å²) in [5.41, 5.74) is 0.236. The van der Waals surface area contributed by atoms with E-state index < -0.39 is 11.9 Å². The predicted octanol–water partition coefficient (Wildman–Crippen LogP) is 2.98. The molecule has 0 aromatic carbocycles. The number of nitrogens with zero attached hydrogens (tertiary/aromatic N) is 1. The van der Waals surface area contributed by atoms with Crippen LogP contribution >= 0.6 is 0 Å². The maximum Gasteiger partial charge on any atom is 0.341 e. The molecule has 2 unspecified atom stereocenters. The van der Waals surface area contributed by atoms with Gasteiger partial charge in [0.2, 0.25) is 0 Å². The molecule has 1 aliphatic carbocycles. The zero-order valence-corrected chi connectivity index (χ0v) is 14.2. The summed E-state index contributed by atoms with van der Waals surface area (Å²) in [6, 6.07) is 3.46. The van der Waals surface area contributed by atoms with Crippen molar-refractivity contribution in [1.82, 2.24) is 5.32 Å². The van der Waals surface area contributed by atoms with E-state index in [1.165, 1.54) is 25.7 Å². The lowest BCUT2D eigenvalue weighted by molar-refractivity contribution is -0.118. The molecule has 1 fully saturated rings. The number of hydrogen-bond acceptors (Lipinski definition) is 5. The van der Waals surface area contributed by atoms with Gasteiger partial charge in [-0.15, -0.1) is 0 Å². The van der Waals surface area contributed by atoms with Gasteiger partial charge >= 0.3 is 5.97 Å². The average Bonchev–Trinajstić information content (AvgIpc) is 2.94. The smallest absolute Gasteiger partial charge is 0.341 e. The second-order valence-electron chi connectivity index (χ2n) is 6.12. The van der Waals surface area contributed by atoms with E-state index in [2.05, 4.69) is 17.0 Å². The molecule has 1 aromatic heterocycles. The van der Waals surface area contributed by atoms with Crippen molar-refractivity contribution in [2.45, 2.75) is 45.6 Å². The third-order valence-corrected chi connectivity index (χ3v) is 4.42. The molecular weight excluding hydrogens is 308 g/mol. The Bertz CT molecular complexity index is 696. The maximum atomic E-state index is 12.3. The van der Waals surface area contributed by atoms with E-state index in [1.807, 2.05) is 6.07 Å². The summed E-state index contributed by atoms with van der Waals surface area (Å²) in [7, 11) is 1.28. The Morgan fingerprint density at radius 3 is 2.75 bits per heavy atom. The number of esters is 1. The van der Waals surface area contributed by atoms with Crippen molar-refractivity contribution in [3.63, 3.8) is 0 Å². The summed E-state index contributed by atoms with van der Waals surface area (Å²) >= 11 is 0. The molecule has 1 N–H and O–H groups in total. The third-order valence-electron chi connectivity index (χ3n) is 4.42. The molecule has 1 aromatic rings.